The Hall–Kier alpha value is -2.48. The molecule has 1 heterocycles. The highest BCUT2D eigenvalue weighted by molar-refractivity contribution is 5.75. The first-order valence-corrected chi connectivity index (χ1v) is 11.8. The predicted molar refractivity (Wildman–Crippen MR) is 128 cm³/mol. The Morgan fingerprint density at radius 1 is 0.633 bits per heavy atom. The summed E-state index contributed by atoms with van der Waals surface area (Å²) in [7, 11) is 0. The normalized spacial score (nSPS) is 13.5. The summed E-state index contributed by atoms with van der Waals surface area (Å²) in [5, 5.41) is 0. The van der Waals surface area contributed by atoms with Crippen molar-refractivity contribution >= 4 is 11.4 Å². The zero-order valence-corrected chi connectivity index (χ0v) is 18.7. The quantitative estimate of drug-likeness (QED) is 0.253. The van der Waals surface area contributed by atoms with Crippen LogP contribution in [0.25, 0.3) is 16.9 Å². The van der Waals surface area contributed by atoms with Gasteiger partial charge in [-0.15, -0.1) is 0 Å². The lowest BCUT2D eigenvalue weighted by molar-refractivity contribution is -0.344. The third-order valence-electron chi connectivity index (χ3n) is 5.97. The standard InChI is InChI=1S/C28H36N2/c1-3-5-7-9-12-23-16-18-25(19-17-23)27-20-21-28(30(27)29)26-15-11-14-24(22-26)13-10-8-6-4-2/h11,14-22H,3-10,12-13H2,1-2H3. The topological polar surface area (TPSA) is 25.3 Å². The van der Waals surface area contributed by atoms with Gasteiger partial charge in [0.2, 0.25) is 11.4 Å². The van der Waals surface area contributed by atoms with Gasteiger partial charge in [0.1, 0.15) is 0 Å². The first-order valence-electron chi connectivity index (χ1n) is 11.8. The van der Waals surface area contributed by atoms with Crippen molar-refractivity contribution in [2.24, 2.45) is 0 Å². The van der Waals surface area contributed by atoms with Gasteiger partial charge in [0.25, 0.3) is 0 Å². The van der Waals surface area contributed by atoms with Crippen molar-refractivity contribution in [1.82, 2.24) is 0 Å². The van der Waals surface area contributed by atoms with E-state index in [0.717, 1.165) is 35.4 Å². The summed E-state index contributed by atoms with van der Waals surface area (Å²) in [5.74, 6) is 0. The highest BCUT2D eigenvalue weighted by Gasteiger charge is 2.22. The zero-order valence-electron chi connectivity index (χ0n) is 18.7. The molecule has 1 aliphatic heterocycles. The number of nitrogens with zero attached hydrogens (tertiary/aromatic N) is 2. The van der Waals surface area contributed by atoms with Crippen LogP contribution in [0.4, 0.5) is 0 Å². The van der Waals surface area contributed by atoms with Crippen LogP contribution in [-0.2, 0) is 12.8 Å². The molecule has 1 aliphatic rings. The minimum Gasteiger partial charge on any atom is -0.493 e. The third kappa shape index (κ3) is 6.01. The Morgan fingerprint density at radius 2 is 1.23 bits per heavy atom. The molecule has 0 spiro atoms. The third-order valence-corrected chi connectivity index (χ3v) is 5.97. The minimum absolute atomic E-state index is 0.843. The van der Waals surface area contributed by atoms with Gasteiger partial charge in [-0.2, -0.15) is 0 Å². The maximum atomic E-state index is 10.9. The van der Waals surface area contributed by atoms with Crippen molar-refractivity contribution in [2.75, 3.05) is 0 Å². The fraction of sp³-hybridized carbons (Fsp3) is 0.429. The Bertz CT molecular complexity index is 887. The van der Waals surface area contributed by atoms with Gasteiger partial charge in [0.05, 0.1) is 0 Å². The van der Waals surface area contributed by atoms with E-state index in [2.05, 4.69) is 62.4 Å². The average Bonchev–Trinajstić information content (AvgIpc) is 3.16. The molecule has 0 saturated carbocycles. The number of rotatable bonds is 12. The molecule has 0 saturated heterocycles. The molecule has 2 aromatic rings. The second-order valence-corrected chi connectivity index (χ2v) is 8.43. The lowest BCUT2D eigenvalue weighted by Gasteiger charge is -2.10. The molecule has 0 bridgehead atoms. The number of hydrogen-bond donors (Lipinski definition) is 0. The second kappa shape index (κ2) is 11.6. The maximum Gasteiger partial charge on any atom is 0.207 e. The van der Waals surface area contributed by atoms with Crippen LogP contribution in [0.5, 0.6) is 0 Å². The van der Waals surface area contributed by atoms with E-state index in [1.165, 1.54) is 67.2 Å². The summed E-state index contributed by atoms with van der Waals surface area (Å²) >= 11 is 0. The van der Waals surface area contributed by atoms with E-state index in [-0.39, 0.29) is 0 Å². The van der Waals surface area contributed by atoms with Crippen LogP contribution >= 0.6 is 0 Å². The van der Waals surface area contributed by atoms with Crippen LogP contribution in [0.1, 0.15) is 87.5 Å². The Balaban J connectivity index is 1.60. The van der Waals surface area contributed by atoms with E-state index in [1.54, 1.807) is 0 Å². The van der Waals surface area contributed by atoms with Crippen LogP contribution in [0.2, 0.25) is 0 Å². The first kappa shape index (κ1) is 22.2. The van der Waals surface area contributed by atoms with E-state index < -0.39 is 0 Å². The van der Waals surface area contributed by atoms with Gasteiger partial charge in [-0.1, -0.05) is 76.6 Å². The van der Waals surface area contributed by atoms with Gasteiger partial charge in [0, 0.05) is 23.3 Å². The predicted octanol–water partition coefficient (Wildman–Crippen LogP) is 8.36. The maximum absolute atomic E-state index is 10.9. The molecule has 0 aromatic heterocycles. The number of unbranched alkanes of at least 4 members (excludes halogenated alkanes) is 6. The first-order chi connectivity index (χ1) is 14.7. The summed E-state index contributed by atoms with van der Waals surface area (Å²) < 4.78 is 1.34. The Kier molecular flexibility index (Phi) is 8.62. The fourth-order valence-corrected chi connectivity index (χ4v) is 4.11. The van der Waals surface area contributed by atoms with E-state index >= 15 is 0 Å². The molecule has 0 aliphatic carbocycles. The van der Waals surface area contributed by atoms with Crippen molar-refractivity contribution in [3.05, 3.63) is 88.5 Å². The Labute approximate surface area is 182 Å². The van der Waals surface area contributed by atoms with Crippen LogP contribution in [-0.4, -0.2) is 4.70 Å². The molecule has 0 radical (unpaired) electrons. The van der Waals surface area contributed by atoms with E-state index in [4.69, 9.17) is 0 Å². The number of aryl methyl sites for hydroxylation is 2. The van der Waals surface area contributed by atoms with Crippen molar-refractivity contribution < 1.29 is 4.70 Å². The highest BCUT2D eigenvalue weighted by Crippen LogP contribution is 2.31. The van der Waals surface area contributed by atoms with Crippen LogP contribution in [0, 0.1) is 0 Å². The van der Waals surface area contributed by atoms with E-state index in [9.17, 15) is 5.53 Å². The smallest absolute Gasteiger partial charge is 0.207 e. The molecule has 2 nitrogen and oxygen atoms in total. The molecule has 3 rings (SSSR count). The van der Waals surface area contributed by atoms with Crippen molar-refractivity contribution in [3.8, 4) is 0 Å². The SMILES string of the molecule is CCCCCCc1ccc(C2=CC=C(c3cccc(CCCCCC)c3)[N+]2=[N-])cc1. The molecule has 0 unspecified atom stereocenters. The van der Waals surface area contributed by atoms with Crippen molar-refractivity contribution in [3.63, 3.8) is 0 Å². The van der Waals surface area contributed by atoms with Crippen molar-refractivity contribution in [1.29, 1.82) is 0 Å². The van der Waals surface area contributed by atoms with Gasteiger partial charge in [-0.05, 0) is 61.1 Å². The van der Waals surface area contributed by atoms with Crippen LogP contribution in [0.3, 0.4) is 0 Å². The zero-order chi connectivity index (χ0) is 21.2. The highest BCUT2D eigenvalue weighted by atomic mass is 15.2. The fourth-order valence-electron chi connectivity index (χ4n) is 4.11. The van der Waals surface area contributed by atoms with Crippen LogP contribution in [0.15, 0.2) is 60.7 Å². The monoisotopic (exact) mass is 400 g/mol. The summed E-state index contributed by atoms with van der Waals surface area (Å²) in [5.41, 5.74) is 17.4. The lowest BCUT2D eigenvalue weighted by atomic mass is 10.0. The summed E-state index contributed by atoms with van der Waals surface area (Å²) in [6.07, 6.45) is 16.5. The van der Waals surface area contributed by atoms with Gasteiger partial charge in [-0.3, -0.25) is 0 Å². The number of benzene rings is 2. The van der Waals surface area contributed by atoms with Gasteiger partial charge < -0.3 is 5.53 Å². The lowest BCUT2D eigenvalue weighted by Crippen LogP contribution is -2.02. The molecule has 0 fully saturated rings. The van der Waals surface area contributed by atoms with E-state index in [1.807, 2.05) is 12.2 Å². The number of hydrogen-bond acceptors (Lipinski definition) is 0. The average molecular weight is 401 g/mol. The molecule has 0 amide bonds. The molecular formula is C28H36N2. The summed E-state index contributed by atoms with van der Waals surface area (Å²) in [4.78, 5) is 0. The summed E-state index contributed by atoms with van der Waals surface area (Å²) in [6.45, 7) is 4.49. The van der Waals surface area contributed by atoms with Gasteiger partial charge in [0.15, 0.2) is 0 Å². The molecule has 0 atom stereocenters. The van der Waals surface area contributed by atoms with Gasteiger partial charge >= 0.3 is 0 Å². The van der Waals surface area contributed by atoms with Gasteiger partial charge in [-0.25, -0.2) is 4.70 Å². The Morgan fingerprint density at radius 3 is 1.87 bits per heavy atom. The number of allylic oxidation sites excluding steroid dienone is 2. The molecule has 30 heavy (non-hydrogen) atoms. The molecule has 2 aromatic carbocycles. The molecular weight excluding hydrogens is 364 g/mol. The summed E-state index contributed by atoms with van der Waals surface area (Å²) in [6, 6.07) is 17.3. The largest absolute Gasteiger partial charge is 0.493 e. The molecule has 2 heteroatoms. The second-order valence-electron chi connectivity index (χ2n) is 8.43. The minimum atomic E-state index is 0.843. The van der Waals surface area contributed by atoms with Crippen LogP contribution < -0.4 is 0 Å². The molecule has 158 valence electrons. The molecule has 0 N–H and O–H groups in total. The van der Waals surface area contributed by atoms with E-state index in [0.29, 0.717) is 0 Å². The van der Waals surface area contributed by atoms with Crippen molar-refractivity contribution in [2.45, 2.75) is 78.1 Å².